The fraction of sp³-hybridized carbons (Fsp3) is 0.136. The van der Waals surface area contributed by atoms with Gasteiger partial charge in [0.25, 0.3) is 0 Å². The standard InChI is InChI=1S/C22H17NO2/c24-15-8-5-14(6-9-15)22-21-17(10-12-19(21)25)20-16-4-2-1-3-13(16)7-11-18(20)23-22/h1-9,11,22-24H,10,12H2. The molecule has 0 amide bonds. The van der Waals surface area contributed by atoms with Crippen molar-refractivity contribution in [2.75, 3.05) is 5.32 Å². The van der Waals surface area contributed by atoms with Gasteiger partial charge in [0.05, 0.1) is 6.04 Å². The number of Topliss-reactive ketones (excluding diaryl/α,β-unsaturated/α-hetero) is 1. The van der Waals surface area contributed by atoms with Gasteiger partial charge in [-0.25, -0.2) is 0 Å². The number of aromatic hydroxyl groups is 1. The molecule has 0 spiro atoms. The second-order valence-electron chi connectivity index (χ2n) is 6.69. The van der Waals surface area contributed by atoms with Crippen LogP contribution in [0.4, 0.5) is 5.69 Å². The van der Waals surface area contributed by atoms with Gasteiger partial charge in [-0.05, 0) is 46.5 Å². The molecule has 5 rings (SSSR count). The summed E-state index contributed by atoms with van der Waals surface area (Å²) in [4.78, 5) is 12.7. The van der Waals surface area contributed by atoms with E-state index in [0.29, 0.717) is 6.42 Å². The molecule has 0 saturated heterocycles. The van der Waals surface area contributed by atoms with Crippen LogP contribution in [0.5, 0.6) is 5.75 Å². The fourth-order valence-electron chi connectivity index (χ4n) is 4.13. The SMILES string of the molecule is O=C1CCC2=C1C(c1ccc(O)cc1)Nc1ccc3ccccc3c12. The highest BCUT2D eigenvalue weighted by Gasteiger charge is 2.36. The lowest BCUT2D eigenvalue weighted by Gasteiger charge is -2.30. The number of nitrogens with one attached hydrogen (secondary N) is 1. The molecule has 0 radical (unpaired) electrons. The molecular formula is C22H17NO2. The Labute approximate surface area is 145 Å². The third kappa shape index (κ3) is 2.09. The number of phenols is 1. The number of hydrogen-bond acceptors (Lipinski definition) is 3. The van der Waals surface area contributed by atoms with Gasteiger partial charge in [-0.1, -0.05) is 42.5 Å². The lowest BCUT2D eigenvalue weighted by molar-refractivity contribution is -0.115. The highest BCUT2D eigenvalue weighted by atomic mass is 16.3. The third-order valence-corrected chi connectivity index (χ3v) is 5.27. The molecule has 3 heteroatoms. The maximum Gasteiger partial charge on any atom is 0.161 e. The highest BCUT2D eigenvalue weighted by molar-refractivity contribution is 6.14. The van der Waals surface area contributed by atoms with Crippen molar-refractivity contribution in [2.45, 2.75) is 18.9 Å². The van der Waals surface area contributed by atoms with Crippen LogP contribution in [0.3, 0.4) is 0 Å². The van der Waals surface area contributed by atoms with Gasteiger partial charge in [0, 0.05) is 23.2 Å². The van der Waals surface area contributed by atoms with Gasteiger partial charge >= 0.3 is 0 Å². The van der Waals surface area contributed by atoms with Gasteiger partial charge in [0.1, 0.15) is 5.75 Å². The minimum atomic E-state index is -0.153. The molecular weight excluding hydrogens is 310 g/mol. The molecule has 0 fully saturated rings. The van der Waals surface area contributed by atoms with Crippen LogP contribution in [-0.4, -0.2) is 10.9 Å². The Balaban J connectivity index is 1.76. The van der Waals surface area contributed by atoms with E-state index in [1.807, 2.05) is 24.3 Å². The third-order valence-electron chi connectivity index (χ3n) is 5.27. The van der Waals surface area contributed by atoms with Crippen molar-refractivity contribution in [3.05, 3.63) is 77.4 Å². The van der Waals surface area contributed by atoms with Gasteiger partial charge < -0.3 is 10.4 Å². The van der Waals surface area contributed by atoms with Crippen LogP contribution >= 0.6 is 0 Å². The Morgan fingerprint density at radius 2 is 1.72 bits per heavy atom. The molecule has 1 unspecified atom stereocenters. The number of ketones is 1. The summed E-state index contributed by atoms with van der Waals surface area (Å²) in [6, 6.07) is 19.5. The average molecular weight is 327 g/mol. The highest BCUT2D eigenvalue weighted by Crippen LogP contribution is 2.48. The van der Waals surface area contributed by atoms with E-state index in [1.54, 1.807) is 12.1 Å². The van der Waals surface area contributed by atoms with Crippen LogP contribution in [0.2, 0.25) is 0 Å². The molecule has 3 nitrogen and oxygen atoms in total. The second-order valence-corrected chi connectivity index (χ2v) is 6.69. The monoisotopic (exact) mass is 327 g/mol. The van der Waals surface area contributed by atoms with Crippen LogP contribution in [0, 0.1) is 0 Å². The van der Waals surface area contributed by atoms with Crippen LogP contribution in [0.1, 0.15) is 30.0 Å². The number of hydrogen-bond donors (Lipinski definition) is 2. The number of carbonyl (C=O) groups is 1. The summed E-state index contributed by atoms with van der Waals surface area (Å²) in [5, 5.41) is 15.5. The largest absolute Gasteiger partial charge is 0.508 e. The molecule has 0 saturated carbocycles. The van der Waals surface area contributed by atoms with Crippen LogP contribution in [-0.2, 0) is 4.79 Å². The molecule has 1 aliphatic heterocycles. The summed E-state index contributed by atoms with van der Waals surface area (Å²) in [7, 11) is 0. The molecule has 122 valence electrons. The van der Waals surface area contributed by atoms with Gasteiger partial charge in [-0.15, -0.1) is 0 Å². The molecule has 1 atom stereocenters. The predicted molar refractivity (Wildman–Crippen MR) is 99.6 cm³/mol. The zero-order chi connectivity index (χ0) is 17.0. The van der Waals surface area contributed by atoms with Gasteiger partial charge in [-0.3, -0.25) is 4.79 Å². The normalized spacial score (nSPS) is 18.9. The van der Waals surface area contributed by atoms with Crippen LogP contribution in [0.15, 0.2) is 66.2 Å². The first-order valence-electron chi connectivity index (χ1n) is 8.56. The lowest BCUT2D eigenvalue weighted by Crippen LogP contribution is -2.21. The summed E-state index contributed by atoms with van der Waals surface area (Å²) < 4.78 is 0. The maximum absolute atomic E-state index is 12.7. The smallest absolute Gasteiger partial charge is 0.161 e. The molecule has 1 heterocycles. The predicted octanol–water partition coefficient (Wildman–Crippen LogP) is 4.83. The Kier molecular flexibility index (Phi) is 2.98. The maximum atomic E-state index is 12.7. The van der Waals surface area contributed by atoms with Crippen LogP contribution < -0.4 is 5.32 Å². The number of anilines is 1. The van der Waals surface area contributed by atoms with E-state index < -0.39 is 0 Å². The van der Waals surface area contributed by atoms with Crippen LogP contribution in [0.25, 0.3) is 16.3 Å². The number of phenolic OH excluding ortho intramolecular Hbond substituents is 1. The molecule has 0 aromatic heterocycles. The summed E-state index contributed by atoms with van der Waals surface area (Å²) in [5.74, 6) is 0.456. The van der Waals surface area contributed by atoms with E-state index >= 15 is 0 Å². The van der Waals surface area contributed by atoms with E-state index in [2.05, 4.69) is 29.6 Å². The molecule has 1 aliphatic carbocycles. The second kappa shape index (κ2) is 5.21. The zero-order valence-corrected chi connectivity index (χ0v) is 13.6. The van der Waals surface area contributed by atoms with E-state index in [9.17, 15) is 9.90 Å². The van der Waals surface area contributed by atoms with E-state index in [1.165, 1.54) is 21.9 Å². The molecule has 0 bridgehead atoms. The van der Waals surface area contributed by atoms with Crippen molar-refractivity contribution in [2.24, 2.45) is 0 Å². The van der Waals surface area contributed by atoms with Crippen molar-refractivity contribution >= 4 is 27.8 Å². The molecule has 2 N–H and O–H groups in total. The topological polar surface area (TPSA) is 49.3 Å². The van der Waals surface area contributed by atoms with Gasteiger partial charge in [0.2, 0.25) is 0 Å². The number of fused-ring (bicyclic) bond motifs is 4. The van der Waals surface area contributed by atoms with E-state index in [0.717, 1.165) is 23.2 Å². The molecule has 25 heavy (non-hydrogen) atoms. The van der Waals surface area contributed by atoms with Crippen molar-refractivity contribution < 1.29 is 9.90 Å². The number of benzene rings is 3. The first kappa shape index (κ1) is 14.3. The molecule has 3 aromatic rings. The van der Waals surface area contributed by atoms with Crippen molar-refractivity contribution in [3.63, 3.8) is 0 Å². The quantitative estimate of drug-likeness (QED) is 0.673. The van der Waals surface area contributed by atoms with Crippen molar-refractivity contribution in [1.29, 1.82) is 0 Å². The minimum Gasteiger partial charge on any atom is -0.508 e. The van der Waals surface area contributed by atoms with Gasteiger partial charge in [0.15, 0.2) is 5.78 Å². The Bertz CT molecular complexity index is 1050. The fourth-order valence-corrected chi connectivity index (χ4v) is 4.13. The number of rotatable bonds is 1. The van der Waals surface area contributed by atoms with E-state index in [-0.39, 0.29) is 17.6 Å². The Morgan fingerprint density at radius 1 is 0.920 bits per heavy atom. The molecule has 2 aliphatic rings. The zero-order valence-electron chi connectivity index (χ0n) is 13.6. The summed E-state index contributed by atoms with van der Waals surface area (Å²) in [6.07, 6.45) is 1.37. The summed E-state index contributed by atoms with van der Waals surface area (Å²) in [5.41, 5.74) is 5.31. The lowest BCUT2D eigenvalue weighted by atomic mass is 9.85. The average Bonchev–Trinajstić information content (AvgIpc) is 3.03. The van der Waals surface area contributed by atoms with Gasteiger partial charge in [-0.2, -0.15) is 0 Å². The number of allylic oxidation sites excluding steroid dienone is 1. The Hall–Kier alpha value is -3.07. The first-order chi connectivity index (χ1) is 12.2. The molecule has 3 aromatic carbocycles. The Morgan fingerprint density at radius 3 is 2.56 bits per heavy atom. The number of carbonyl (C=O) groups excluding carboxylic acids is 1. The first-order valence-corrected chi connectivity index (χ1v) is 8.56. The summed E-state index contributed by atoms with van der Waals surface area (Å²) in [6.45, 7) is 0. The summed E-state index contributed by atoms with van der Waals surface area (Å²) >= 11 is 0. The van der Waals surface area contributed by atoms with Crippen molar-refractivity contribution in [1.82, 2.24) is 0 Å². The van der Waals surface area contributed by atoms with E-state index in [4.69, 9.17) is 0 Å². The minimum absolute atomic E-state index is 0.153. The van der Waals surface area contributed by atoms with Crippen molar-refractivity contribution in [3.8, 4) is 5.75 Å².